The van der Waals surface area contributed by atoms with Crippen LogP contribution in [0.3, 0.4) is 0 Å². The van der Waals surface area contributed by atoms with Crippen molar-refractivity contribution >= 4 is 5.91 Å². The maximum atomic E-state index is 12.2. The van der Waals surface area contributed by atoms with Crippen molar-refractivity contribution in [2.24, 2.45) is 0 Å². The first-order valence-electron chi connectivity index (χ1n) is 7.19. The number of imidazole rings is 1. The number of carbonyl (C=O) groups excluding carboxylic acids is 1. The van der Waals surface area contributed by atoms with E-state index in [1.165, 1.54) is 0 Å². The minimum absolute atomic E-state index is 0.132. The molecular weight excluding hydrogens is 266 g/mol. The van der Waals surface area contributed by atoms with Crippen LogP contribution in [-0.2, 0) is 4.79 Å². The molecule has 0 aromatic carbocycles. The van der Waals surface area contributed by atoms with E-state index in [1.54, 1.807) is 17.3 Å². The van der Waals surface area contributed by atoms with Crippen LogP contribution in [0.25, 0.3) is 11.5 Å². The van der Waals surface area contributed by atoms with Crippen molar-refractivity contribution in [3.63, 3.8) is 0 Å². The largest absolute Gasteiger partial charge is 0.344 e. The number of likely N-dealkylation sites (tertiary alicyclic amines) is 1. The summed E-state index contributed by atoms with van der Waals surface area (Å²) in [6.45, 7) is 4.89. The van der Waals surface area contributed by atoms with Gasteiger partial charge >= 0.3 is 0 Å². The highest BCUT2D eigenvalue weighted by Gasteiger charge is 2.32. The minimum atomic E-state index is -0.176. The predicted molar refractivity (Wildman–Crippen MR) is 78.6 cm³/mol. The lowest BCUT2D eigenvalue weighted by Gasteiger charge is -2.14. The van der Waals surface area contributed by atoms with Crippen molar-refractivity contribution in [3.05, 3.63) is 30.5 Å². The quantitative estimate of drug-likeness (QED) is 0.863. The zero-order chi connectivity index (χ0) is 15.0. The van der Waals surface area contributed by atoms with E-state index in [1.807, 2.05) is 23.9 Å². The first-order valence-corrected chi connectivity index (χ1v) is 7.19. The fourth-order valence-electron chi connectivity index (χ4n) is 2.60. The summed E-state index contributed by atoms with van der Waals surface area (Å²) in [5, 5.41) is 0. The molecule has 0 saturated carbocycles. The molecule has 0 spiro atoms. The highest BCUT2D eigenvalue weighted by Crippen LogP contribution is 2.27. The summed E-state index contributed by atoms with van der Waals surface area (Å²) in [5.74, 6) is 1.91. The van der Waals surface area contributed by atoms with Crippen LogP contribution in [0.15, 0.2) is 24.7 Å². The number of carbonyl (C=O) groups is 1. The van der Waals surface area contributed by atoms with E-state index < -0.39 is 0 Å². The second-order valence-corrected chi connectivity index (χ2v) is 5.68. The summed E-state index contributed by atoms with van der Waals surface area (Å²) in [4.78, 5) is 27.2. The Morgan fingerprint density at radius 1 is 1.29 bits per heavy atom. The number of rotatable bonds is 3. The number of nitrogens with zero attached hydrogens (tertiary/aromatic N) is 5. The van der Waals surface area contributed by atoms with E-state index in [0.717, 1.165) is 30.3 Å². The van der Waals surface area contributed by atoms with E-state index in [2.05, 4.69) is 28.8 Å². The Hall–Kier alpha value is -2.24. The average Bonchev–Trinajstić information content (AvgIpc) is 3.07. The molecule has 0 radical (unpaired) electrons. The molecule has 3 rings (SSSR count). The summed E-state index contributed by atoms with van der Waals surface area (Å²) in [7, 11) is 1.83. The lowest BCUT2D eigenvalue weighted by atomic mass is 10.2. The highest BCUT2D eigenvalue weighted by atomic mass is 16.2. The lowest BCUT2D eigenvalue weighted by Crippen LogP contribution is -2.24. The SMILES string of the molecule is CC(C)c1nccc(-c2nccn2C2CCN(C)C2=O)n1. The molecule has 1 unspecified atom stereocenters. The monoisotopic (exact) mass is 285 g/mol. The Labute approximate surface area is 123 Å². The molecule has 2 aromatic rings. The Kier molecular flexibility index (Phi) is 3.45. The molecule has 2 aromatic heterocycles. The van der Waals surface area contributed by atoms with Crippen LogP contribution >= 0.6 is 0 Å². The second kappa shape index (κ2) is 5.27. The van der Waals surface area contributed by atoms with E-state index in [4.69, 9.17) is 0 Å². The first kappa shape index (κ1) is 13.7. The van der Waals surface area contributed by atoms with Crippen LogP contribution in [0.5, 0.6) is 0 Å². The van der Waals surface area contributed by atoms with Crippen molar-refractivity contribution in [2.75, 3.05) is 13.6 Å². The van der Waals surface area contributed by atoms with Crippen molar-refractivity contribution in [1.82, 2.24) is 24.4 Å². The maximum absolute atomic E-state index is 12.2. The van der Waals surface area contributed by atoms with E-state index >= 15 is 0 Å². The molecule has 21 heavy (non-hydrogen) atoms. The van der Waals surface area contributed by atoms with Gasteiger partial charge in [-0.15, -0.1) is 0 Å². The van der Waals surface area contributed by atoms with Crippen LogP contribution in [0.2, 0.25) is 0 Å². The molecule has 6 heteroatoms. The summed E-state index contributed by atoms with van der Waals surface area (Å²) < 4.78 is 1.93. The molecule has 1 fully saturated rings. The molecule has 0 N–H and O–H groups in total. The zero-order valence-corrected chi connectivity index (χ0v) is 12.5. The van der Waals surface area contributed by atoms with Crippen molar-refractivity contribution < 1.29 is 4.79 Å². The molecule has 1 saturated heterocycles. The molecule has 0 bridgehead atoms. The Morgan fingerprint density at radius 3 is 2.76 bits per heavy atom. The summed E-state index contributed by atoms with van der Waals surface area (Å²) >= 11 is 0. The van der Waals surface area contributed by atoms with Gasteiger partial charge in [0.2, 0.25) is 5.91 Å². The Morgan fingerprint density at radius 2 is 2.10 bits per heavy atom. The van der Waals surface area contributed by atoms with E-state index in [9.17, 15) is 4.79 Å². The predicted octanol–water partition coefficient (Wildman–Crippen LogP) is 1.87. The number of amides is 1. The normalized spacial score (nSPS) is 18.8. The fraction of sp³-hybridized carbons (Fsp3) is 0.467. The first-order chi connectivity index (χ1) is 10.1. The van der Waals surface area contributed by atoms with Crippen molar-refractivity contribution in [2.45, 2.75) is 32.2 Å². The molecule has 6 nitrogen and oxygen atoms in total. The fourth-order valence-corrected chi connectivity index (χ4v) is 2.60. The average molecular weight is 285 g/mol. The lowest BCUT2D eigenvalue weighted by molar-refractivity contribution is -0.129. The van der Waals surface area contributed by atoms with Crippen molar-refractivity contribution in [3.8, 4) is 11.5 Å². The van der Waals surface area contributed by atoms with Gasteiger partial charge in [-0.3, -0.25) is 4.79 Å². The van der Waals surface area contributed by atoms with Crippen LogP contribution in [0.1, 0.15) is 38.1 Å². The van der Waals surface area contributed by atoms with Gasteiger partial charge in [0, 0.05) is 38.1 Å². The van der Waals surface area contributed by atoms with Crippen LogP contribution in [-0.4, -0.2) is 43.9 Å². The number of hydrogen-bond donors (Lipinski definition) is 0. The number of hydrogen-bond acceptors (Lipinski definition) is 4. The van der Waals surface area contributed by atoms with Gasteiger partial charge in [0.25, 0.3) is 0 Å². The highest BCUT2D eigenvalue weighted by molar-refractivity contribution is 5.82. The summed E-state index contributed by atoms with van der Waals surface area (Å²) in [5.41, 5.74) is 0.765. The number of likely N-dealkylation sites (N-methyl/N-ethyl adjacent to an activating group) is 1. The smallest absolute Gasteiger partial charge is 0.245 e. The van der Waals surface area contributed by atoms with Crippen molar-refractivity contribution in [1.29, 1.82) is 0 Å². The Bertz CT molecular complexity index is 664. The van der Waals surface area contributed by atoms with Gasteiger partial charge in [-0.1, -0.05) is 13.8 Å². The number of aromatic nitrogens is 4. The third kappa shape index (κ3) is 2.41. The second-order valence-electron chi connectivity index (χ2n) is 5.68. The molecule has 3 heterocycles. The minimum Gasteiger partial charge on any atom is -0.344 e. The summed E-state index contributed by atoms with van der Waals surface area (Å²) in [6, 6.07) is 1.67. The summed E-state index contributed by atoms with van der Waals surface area (Å²) in [6.07, 6.45) is 6.13. The zero-order valence-electron chi connectivity index (χ0n) is 12.5. The van der Waals surface area contributed by atoms with Crippen LogP contribution < -0.4 is 0 Å². The van der Waals surface area contributed by atoms with Gasteiger partial charge in [0.05, 0.1) is 0 Å². The topological polar surface area (TPSA) is 63.9 Å². The molecular formula is C15H19N5O. The molecule has 1 atom stereocenters. The molecule has 1 aliphatic rings. The van der Waals surface area contributed by atoms with Gasteiger partial charge < -0.3 is 9.47 Å². The van der Waals surface area contributed by atoms with Gasteiger partial charge in [0.15, 0.2) is 5.82 Å². The van der Waals surface area contributed by atoms with Gasteiger partial charge in [-0.05, 0) is 12.5 Å². The van der Waals surface area contributed by atoms with Gasteiger partial charge in [-0.25, -0.2) is 15.0 Å². The maximum Gasteiger partial charge on any atom is 0.245 e. The molecule has 1 aliphatic heterocycles. The van der Waals surface area contributed by atoms with Gasteiger partial charge in [-0.2, -0.15) is 0 Å². The molecule has 110 valence electrons. The van der Waals surface area contributed by atoms with E-state index in [0.29, 0.717) is 0 Å². The standard InChI is InChI=1S/C15H19N5O/c1-10(2)13-16-6-4-11(18-13)14-17-7-9-20(14)12-5-8-19(3)15(12)21/h4,6-7,9-10,12H,5,8H2,1-3H3. The van der Waals surface area contributed by atoms with E-state index in [-0.39, 0.29) is 17.9 Å². The Balaban J connectivity index is 2.00. The molecule has 0 aliphatic carbocycles. The third-order valence-corrected chi connectivity index (χ3v) is 3.82. The van der Waals surface area contributed by atoms with Gasteiger partial charge in [0.1, 0.15) is 17.6 Å². The van der Waals surface area contributed by atoms with Crippen LogP contribution in [0.4, 0.5) is 0 Å². The molecule has 1 amide bonds. The third-order valence-electron chi connectivity index (χ3n) is 3.82. The van der Waals surface area contributed by atoms with Crippen LogP contribution in [0, 0.1) is 0 Å².